The maximum Gasteiger partial charge on any atom is 0.0348 e. The zero-order valence-corrected chi connectivity index (χ0v) is 12.6. The first-order valence-electron chi connectivity index (χ1n) is 7.91. The van der Waals surface area contributed by atoms with Gasteiger partial charge in [-0.1, -0.05) is 43.7 Å². The van der Waals surface area contributed by atoms with Crippen molar-refractivity contribution in [2.24, 2.45) is 17.3 Å². The molecule has 1 heteroatoms. The molecule has 2 aliphatic rings. The van der Waals surface area contributed by atoms with Gasteiger partial charge in [0.1, 0.15) is 0 Å². The Hall–Kier alpha value is -0.820. The van der Waals surface area contributed by atoms with Gasteiger partial charge in [-0.3, -0.25) is 0 Å². The van der Waals surface area contributed by atoms with Crippen molar-refractivity contribution in [3.63, 3.8) is 0 Å². The average Bonchev–Trinajstić information content (AvgIpc) is 3.26. The second-order valence-electron chi connectivity index (χ2n) is 7.12. The first kappa shape index (κ1) is 13.2. The number of aryl methyl sites for hydroxylation is 1. The minimum Gasteiger partial charge on any atom is -0.309 e. The Kier molecular flexibility index (Phi) is 3.42. The molecule has 1 nitrogen and oxygen atoms in total. The van der Waals surface area contributed by atoms with Crippen LogP contribution < -0.4 is 5.32 Å². The maximum atomic E-state index is 3.90. The third-order valence-electron chi connectivity index (χ3n) is 5.32. The van der Waals surface area contributed by atoms with E-state index in [0.29, 0.717) is 11.5 Å². The highest BCUT2D eigenvalue weighted by Gasteiger charge is 2.46. The fourth-order valence-electron chi connectivity index (χ4n) is 3.19. The van der Waals surface area contributed by atoms with E-state index in [9.17, 15) is 0 Å². The number of hydrogen-bond acceptors (Lipinski definition) is 1. The van der Waals surface area contributed by atoms with Crippen LogP contribution in [-0.4, -0.2) is 6.54 Å². The van der Waals surface area contributed by atoms with Crippen molar-refractivity contribution in [2.45, 2.75) is 52.5 Å². The Balaban J connectivity index is 1.67. The molecular weight excluding hydrogens is 230 g/mol. The molecule has 1 unspecified atom stereocenters. The zero-order valence-electron chi connectivity index (χ0n) is 12.6. The predicted molar refractivity (Wildman–Crippen MR) is 81.2 cm³/mol. The Labute approximate surface area is 117 Å². The third-order valence-corrected chi connectivity index (χ3v) is 5.32. The number of hydrogen-bond donors (Lipinski definition) is 1. The van der Waals surface area contributed by atoms with Crippen molar-refractivity contribution in [2.75, 3.05) is 6.54 Å². The molecule has 0 aromatic heterocycles. The third kappa shape index (κ3) is 2.86. The van der Waals surface area contributed by atoms with Crippen LogP contribution in [-0.2, 0) is 0 Å². The standard InChI is InChI=1S/C18H27N/c1-13(2)18(10-11-18)12-19-17(16-8-9-16)15-6-4-14(3)5-7-15/h4-7,13,16-17,19H,8-12H2,1-3H3. The maximum absolute atomic E-state index is 3.90. The van der Waals surface area contributed by atoms with Crippen molar-refractivity contribution < 1.29 is 0 Å². The molecule has 19 heavy (non-hydrogen) atoms. The molecule has 104 valence electrons. The molecule has 0 amide bonds. The largest absolute Gasteiger partial charge is 0.309 e. The van der Waals surface area contributed by atoms with Crippen molar-refractivity contribution in [1.82, 2.24) is 5.32 Å². The Bertz CT molecular complexity index is 424. The van der Waals surface area contributed by atoms with E-state index in [1.165, 1.54) is 43.4 Å². The van der Waals surface area contributed by atoms with E-state index in [2.05, 4.69) is 50.4 Å². The monoisotopic (exact) mass is 257 g/mol. The topological polar surface area (TPSA) is 12.0 Å². The molecule has 0 bridgehead atoms. The molecule has 2 saturated carbocycles. The lowest BCUT2D eigenvalue weighted by Gasteiger charge is -2.25. The molecule has 0 spiro atoms. The van der Waals surface area contributed by atoms with Crippen LogP contribution in [0.2, 0.25) is 0 Å². The van der Waals surface area contributed by atoms with Gasteiger partial charge >= 0.3 is 0 Å². The van der Waals surface area contributed by atoms with E-state index < -0.39 is 0 Å². The lowest BCUT2D eigenvalue weighted by atomic mass is 9.91. The average molecular weight is 257 g/mol. The lowest BCUT2D eigenvalue weighted by molar-refractivity contribution is 0.312. The molecular formula is C18H27N. The van der Waals surface area contributed by atoms with Crippen molar-refractivity contribution >= 4 is 0 Å². The van der Waals surface area contributed by atoms with Gasteiger partial charge in [-0.05, 0) is 55.4 Å². The van der Waals surface area contributed by atoms with Gasteiger partial charge in [-0.2, -0.15) is 0 Å². The molecule has 2 fully saturated rings. The highest BCUT2D eigenvalue weighted by molar-refractivity contribution is 5.25. The molecule has 1 aromatic carbocycles. The smallest absolute Gasteiger partial charge is 0.0348 e. The summed E-state index contributed by atoms with van der Waals surface area (Å²) in [6.07, 6.45) is 5.65. The van der Waals surface area contributed by atoms with Crippen LogP contribution in [0.15, 0.2) is 24.3 Å². The summed E-state index contributed by atoms with van der Waals surface area (Å²) in [6.45, 7) is 8.14. The first-order chi connectivity index (χ1) is 9.11. The minimum atomic E-state index is 0.594. The van der Waals surface area contributed by atoms with Gasteiger partial charge in [0.25, 0.3) is 0 Å². The highest BCUT2D eigenvalue weighted by atomic mass is 15.0. The molecule has 0 saturated heterocycles. The fraction of sp³-hybridized carbons (Fsp3) is 0.667. The molecule has 3 rings (SSSR count). The van der Waals surface area contributed by atoms with Gasteiger partial charge in [-0.15, -0.1) is 0 Å². The second-order valence-corrected chi connectivity index (χ2v) is 7.12. The van der Waals surface area contributed by atoms with Gasteiger partial charge in [0.2, 0.25) is 0 Å². The minimum absolute atomic E-state index is 0.594. The Morgan fingerprint density at radius 3 is 2.26 bits per heavy atom. The summed E-state index contributed by atoms with van der Waals surface area (Å²) in [5.74, 6) is 1.70. The van der Waals surface area contributed by atoms with Crippen LogP contribution >= 0.6 is 0 Å². The fourth-order valence-corrected chi connectivity index (χ4v) is 3.19. The predicted octanol–water partition coefficient (Wildman–Crippen LogP) is 4.47. The van der Waals surface area contributed by atoms with Crippen molar-refractivity contribution in [1.29, 1.82) is 0 Å². The quantitative estimate of drug-likeness (QED) is 0.792. The number of rotatable bonds is 6. The highest BCUT2D eigenvalue weighted by Crippen LogP contribution is 2.52. The molecule has 0 radical (unpaired) electrons. The van der Waals surface area contributed by atoms with Gasteiger partial charge in [0.15, 0.2) is 0 Å². The molecule has 2 aliphatic carbocycles. The van der Waals surface area contributed by atoms with Crippen LogP contribution in [0.5, 0.6) is 0 Å². The van der Waals surface area contributed by atoms with Crippen molar-refractivity contribution in [3.05, 3.63) is 35.4 Å². The summed E-state index contributed by atoms with van der Waals surface area (Å²) in [5.41, 5.74) is 3.46. The van der Waals surface area contributed by atoms with Crippen LogP contribution in [0.1, 0.15) is 56.7 Å². The number of benzene rings is 1. The van der Waals surface area contributed by atoms with Crippen molar-refractivity contribution in [3.8, 4) is 0 Å². The van der Waals surface area contributed by atoms with Gasteiger partial charge in [-0.25, -0.2) is 0 Å². The van der Waals surface area contributed by atoms with Crippen LogP contribution in [0.4, 0.5) is 0 Å². The van der Waals surface area contributed by atoms with E-state index in [4.69, 9.17) is 0 Å². The van der Waals surface area contributed by atoms with E-state index in [1.807, 2.05) is 0 Å². The summed E-state index contributed by atoms with van der Waals surface area (Å²) in [5, 5.41) is 3.90. The van der Waals surface area contributed by atoms with E-state index >= 15 is 0 Å². The summed E-state index contributed by atoms with van der Waals surface area (Å²) in [6, 6.07) is 9.74. The van der Waals surface area contributed by atoms with Gasteiger partial charge in [0.05, 0.1) is 0 Å². The van der Waals surface area contributed by atoms with E-state index in [1.54, 1.807) is 0 Å². The van der Waals surface area contributed by atoms with Gasteiger partial charge in [0, 0.05) is 12.6 Å². The van der Waals surface area contributed by atoms with Crippen LogP contribution in [0.3, 0.4) is 0 Å². The number of nitrogens with one attached hydrogen (secondary N) is 1. The Morgan fingerprint density at radius 2 is 1.79 bits per heavy atom. The molecule has 0 heterocycles. The SMILES string of the molecule is Cc1ccc(C(NCC2(C(C)C)CC2)C2CC2)cc1. The molecule has 1 aromatic rings. The van der Waals surface area contributed by atoms with E-state index in [-0.39, 0.29) is 0 Å². The van der Waals surface area contributed by atoms with E-state index in [0.717, 1.165) is 11.8 Å². The first-order valence-corrected chi connectivity index (χ1v) is 7.91. The van der Waals surface area contributed by atoms with Gasteiger partial charge < -0.3 is 5.32 Å². The zero-order chi connectivity index (χ0) is 13.5. The second kappa shape index (κ2) is 4.94. The van der Waals surface area contributed by atoms with Crippen LogP contribution in [0, 0.1) is 24.2 Å². The summed E-state index contributed by atoms with van der Waals surface area (Å²) in [7, 11) is 0. The molecule has 1 N–H and O–H groups in total. The summed E-state index contributed by atoms with van der Waals surface area (Å²) >= 11 is 0. The summed E-state index contributed by atoms with van der Waals surface area (Å²) < 4.78 is 0. The Morgan fingerprint density at radius 1 is 1.16 bits per heavy atom. The molecule has 1 atom stereocenters. The lowest BCUT2D eigenvalue weighted by Crippen LogP contribution is -2.32. The molecule has 0 aliphatic heterocycles. The summed E-state index contributed by atoms with van der Waals surface area (Å²) in [4.78, 5) is 0. The normalized spacial score (nSPS) is 22.5. The van der Waals surface area contributed by atoms with Crippen LogP contribution in [0.25, 0.3) is 0 Å².